The Morgan fingerprint density at radius 3 is 2.65 bits per heavy atom. The van der Waals surface area contributed by atoms with Gasteiger partial charge in [-0.1, -0.05) is 24.3 Å². The highest BCUT2D eigenvalue weighted by Gasteiger charge is 2.30. The predicted octanol–water partition coefficient (Wildman–Crippen LogP) is 3.76. The van der Waals surface area contributed by atoms with Gasteiger partial charge in [0.2, 0.25) is 11.7 Å². The lowest BCUT2D eigenvalue weighted by atomic mass is 10.1. The highest BCUT2D eigenvalue weighted by molar-refractivity contribution is 9.10. The predicted molar refractivity (Wildman–Crippen MR) is 91.0 cm³/mol. The first-order chi connectivity index (χ1) is 12.3. The van der Waals surface area contributed by atoms with Crippen LogP contribution >= 0.6 is 15.9 Å². The van der Waals surface area contributed by atoms with Crippen LogP contribution in [-0.2, 0) is 17.5 Å². The summed E-state index contributed by atoms with van der Waals surface area (Å²) >= 11 is 3.31. The third-order valence-corrected chi connectivity index (χ3v) is 4.03. The number of para-hydroxylation sites is 1. The van der Waals surface area contributed by atoms with Crippen LogP contribution in [0.5, 0.6) is 0 Å². The molecule has 134 valence electrons. The molecule has 0 saturated carbocycles. The second kappa shape index (κ2) is 7.24. The number of benzene rings is 2. The van der Waals surface area contributed by atoms with E-state index in [0.29, 0.717) is 10.2 Å². The number of hydrogen-bond donors (Lipinski definition) is 1. The summed E-state index contributed by atoms with van der Waals surface area (Å²) in [5.74, 6) is -0.394. The number of hydrogen-bond acceptors (Lipinski definition) is 4. The second-order valence-corrected chi connectivity index (χ2v) is 6.10. The van der Waals surface area contributed by atoms with E-state index < -0.39 is 17.6 Å². The molecule has 3 aromatic rings. The lowest BCUT2D eigenvalue weighted by Gasteiger charge is -2.07. The van der Waals surface area contributed by atoms with Crippen molar-refractivity contribution in [2.75, 3.05) is 5.32 Å². The van der Waals surface area contributed by atoms with Crippen molar-refractivity contribution in [3.8, 4) is 11.4 Å². The Labute approximate surface area is 154 Å². The number of carbonyl (C=O) groups excluding carboxylic acids is 1. The van der Waals surface area contributed by atoms with Crippen LogP contribution in [-0.4, -0.2) is 26.1 Å². The SMILES string of the molecule is O=C(Cn1nnc(-c2cccc(C(F)(F)F)c2)n1)Nc1ccccc1Br. The summed E-state index contributed by atoms with van der Waals surface area (Å²) in [6, 6.07) is 11.7. The largest absolute Gasteiger partial charge is 0.416 e. The molecule has 1 amide bonds. The Bertz CT molecular complexity index is 941. The van der Waals surface area contributed by atoms with E-state index in [2.05, 4.69) is 36.7 Å². The summed E-state index contributed by atoms with van der Waals surface area (Å²) in [5.41, 5.74) is -0.0639. The third kappa shape index (κ3) is 4.26. The van der Waals surface area contributed by atoms with E-state index in [-0.39, 0.29) is 17.9 Å². The van der Waals surface area contributed by atoms with Crippen LogP contribution in [0.1, 0.15) is 5.56 Å². The summed E-state index contributed by atoms with van der Waals surface area (Å²) in [4.78, 5) is 13.1. The van der Waals surface area contributed by atoms with Gasteiger partial charge in [0.05, 0.1) is 11.3 Å². The number of rotatable bonds is 4. The molecule has 0 aliphatic rings. The van der Waals surface area contributed by atoms with Crippen molar-refractivity contribution in [3.05, 3.63) is 58.6 Å². The number of alkyl halides is 3. The van der Waals surface area contributed by atoms with Gasteiger partial charge in [-0.25, -0.2) is 0 Å². The molecule has 0 aliphatic carbocycles. The molecule has 0 unspecified atom stereocenters. The Morgan fingerprint density at radius 2 is 1.92 bits per heavy atom. The van der Waals surface area contributed by atoms with Crippen molar-refractivity contribution < 1.29 is 18.0 Å². The van der Waals surface area contributed by atoms with Gasteiger partial charge < -0.3 is 5.32 Å². The molecule has 1 aromatic heterocycles. The molecule has 0 bridgehead atoms. The van der Waals surface area contributed by atoms with Gasteiger partial charge in [0.1, 0.15) is 6.54 Å². The fraction of sp³-hybridized carbons (Fsp3) is 0.125. The summed E-state index contributed by atoms with van der Waals surface area (Å²) in [6.07, 6.45) is -4.46. The average Bonchev–Trinajstić information content (AvgIpc) is 3.05. The number of aromatic nitrogens is 4. The molecule has 1 heterocycles. The zero-order valence-electron chi connectivity index (χ0n) is 13.0. The second-order valence-electron chi connectivity index (χ2n) is 5.25. The number of nitrogens with zero attached hydrogens (tertiary/aromatic N) is 4. The Kier molecular flexibility index (Phi) is 5.03. The van der Waals surface area contributed by atoms with Gasteiger partial charge >= 0.3 is 6.18 Å². The van der Waals surface area contributed by atoms with E-state index in [1.807, 2.05) is 0 Å². The molecule has 0 fully saturated rings. The van der Waals surface area contributed by atoms with Crippen molar-refractivity contribution in [1.82, 2.24) is 20.2 Å². The highest BCUT2D eigenvalue weighted by Crippen LogP contribution is 2.31. The molecule has 0 aliphatic heterocycles. The Morgan fingerprint density at radius 1 is 1.15 bits per heavy atom. The first-order valence-corrected chi connectivity index (χ1v) is 8.12. The van der Waals surface area contributed by atoms with Gasteiger partial charge in [0.15, 0.2) is 0 Å². The van der Waals surface area contributed by atoms with Gasteiger partial charge in [0.25, 0.3) is 0 Å². The summed E-state index contributed by atoms with van der Waals surface area (Å²) in [7, 11) is 0. The molecule has 26 heavy (non-hydrogen) atoms. The Balaban J connectivity index is 1.72. The maximum Gasteiger partial charge on any atom is 0.416 e. The van der Waals surface area contributed by atoms with Crippen LogP contribution in [0.15, 0.2) is 53.0 Å². The standard InChI is InChI=1S/C16H11BrF3N5O/c17-12-6-1-2-7-13(12)21-14(26)9-25-23-15(22-24-25)10-4-3-5-11(8-10)16(18,19)20/h1-8H,9H2,(H,21,26). The van der Waals surface area contributed by atoms with Crippen LogP contribution in [0.2, 0.25) is 0 Å². The smallest absolute Gasteiger partial charge is 0.323 e. The van der Waals surface area contributed by atoms with Gasteiger partial charge in [-0.2, -0.15) is 18.0 Å². The molecule has 2 aromatic carbocycles. The quantitative estimate of drug-likeness (QED) is 0.690. The topological polar surface area (TPSA) is 72.7 Å². The van der Waals surface area contributed by atoms with E-state index in [0.717, 1.165) is 16.9 Å². The maximum absolute atomic E-state index is 12.8. The molecule has 3 rings (SSSR count). The average molecular weight is 426 g/mol. The Hall–Kier alpha value is -2.75. The minimum atomic E-state index is -4.46. The van der Waals surface area contributed by atoms with E-state index in [4.69, 9.17) is 0 Å². The molecule has 6 nitrogen and oxygen atoms in total. The molecule has 0 spiro atoms. The van der Waals surface area contributed by atoms with Gasteiger partial charge in [0, 0.05) is 10.0 Å². The van der Waals surface area contributed by atoms with Gasteiger partial charge in [-0.05, 0) is 45.4 Å². The molecular formula is C16H11BrF3N5O. The van der Waals surface area contributed by atoms with Crippen molar-refractivity contribution >= 4 is 27.5 Å². The van der Waals surface area contributed by atoms with Crippen LogP contribution in [0.25, 0.3) is 11.4 Å². The summed E-state index contributed by atoms with van der Waals surface area (Å²) < 4.78 is 39.1. The number of carbonyl (C=O) groups is 1. The zero-order chi connectivity index (χ0) is 18.7. The normalized spacial score (nSPS) is 11.4. The van der Waals surface area contributed by atoms with Gasteiger partial charge in [-0.3, -0.25) is 4.79 Å². The third-order valence-electron chi connectivity index (χ3n) is 3.33. The van der Waals surface area contributed by atoms with Crippen LogP contribution in [0, 0.1) is 0 Å². The minimum absolute atomic E-state index is 0.00444. The lowest BCUT2D eigenvalue weighted by molar-refractivity contribution is -0.137. The molecule has 10 heteroatoms. The first-order valence-electron chi connectivity index (χ1n) is 7.33. The number of amides is 1. The molecule has 0 radical (unpaired) electrons. The van der Waals surface area contributed by atoms with Gasteiger partial charge in [-0.15, -0.1) is 10.2 Å². The molecular weight excluding hydrogens is 415 g/mol. The monoisotopic (exact) mass is 425 g/mol. The van der Waals surface area contributed by atoms with Crippen LogP contribution in [0.4, 0.5) is 18.9 Å². The fourth-order valence-electron chi connectivity index (χ4n) is 2.14. The van der Waals surface area contributed by atoms with E-state index in [9.17, 15) is 18.0 Å². The van der Waals surface area contributed by atoms with Crippen molar-refractivity contribution in [3.63, 3.8) is 0 Å². The zero-order valence-corrected chi connectivity index (χ0v) is 14.6. The number of anilines is 1. The number of tetrazole rings is 1. The molecule has 0 atom stereocenters. The van der Waals surface area contributed by atoms with Crippen molar-refractivity contribution in [2.45, 2.75) is 12.7 Å². The number of nitrogens with one attached hydrogen (secondary N) is 1. The fourth-order valence-corrected chi connectivity index (χ4v) is 2.53. The van der Waals surface area contributed by atoms with Crippen molar-refractivity contribution in [1.29, 1.82) is 0 Å². The van der Waals surface area contributed by atoms with Crippen molar-refractivity contribution in [2.24, 2.45) is 0 Å². The van der Waals surface area contributed by atoms with Crippen LogP contribution < -0.4 is 5.32 Å². The maximum atomic E-state index is 12.8. The molecule has 1 N–H and O–H groups in total. The van der Waals surface area contributed by atoms with Crippen LogP contribution in [0.3, 0.4) is 0 Å². The molecule has 0 saturated heterocycles. The summed E-state index contributed by atoms with van der Waals surface area (Å²) in [5, 5.41) is 14.1. The summed E-state index contributed by atoms with van der Waals surface area (Å²) in [6.45, 7) is -0.229. The van der Waals surface area contributed by atoms with E-state index in [1.54, 1.807) is 24.3 Å². The first kappa shape index (κ1) is 18.1. The minimum Gasteiger partial charge on any atom is -0.323 e. The lowest BCUT2D eigenvalue weighted by Crippen LogP contribution is -2.20. The highest BCUT2D eigenvalue weighted by atomic mass is 79.9. The van der Waals surface area contributed by atoms with E-state index in [1.165, 1.54) is 12.1 Å². The van der Waals surface area contributed by atoms with E-state index >= 15 is 0 Å². The number of halogens is 4.